The smallest absolute Gasteiger partial charge is 0.329 e. The first kappa shape index (κ1) is 15.7. The number of likely N-dealkylation sites (N-methyl/N-ethyl adjacent to an activating group) is 1. The van der Waals surface area contributed by atoms with Gasteiger partial charge in [0.2, 0.25) is 0 Å². The number of carboxylic acids is 1. The van der Waals surface area contributed by atoms with Crippen LogP contribution in [0.3, 0.4) is 0 Å². The van der Waals surface area contributed by atoms with Crippen molar-refractivity contribution >= 4 is 34.6 Å². The number of carbonyl (C=O) groups excluding carboxylic acids is 1. The zero-order valence-electron chi connectivity index (χ0n) is 12.2. The predicted octanol–water partition coefficient (Wildman–Crippen LogP) is 3.12. The Morgan fingerprint density at radius 2 is 2.05 bits per heavy atom. The molecule has 0 atom stereocenters. The Morgan fingerprint density at radius 1 is 1.38 bits per heavy atom. The molecule has 1 amide bonds. The minimum atomic E-state index is -1.27. The van der Waals surface area contributed by atoms with Crippen LogP contribution in [0.5, 0.6) is 0 Å². The average molecular weight is 324 g/mol. The second kappa shape index (κ2) is 5.57. The molecule has 0 saturated heterocycles. The zero-order valence-corrected chi connectivity index (χ0v) is 13.8. The fourth-order valence-corrected chi connectivity index (χ4v) is 3.49. The van der Waals surface area contributed by atoms with E-state index in [1.807, 2.05) is 17.5 Å². The van der Waals surface area contributed by atoms with E-state index < -0.39 is 11.5 Å². The van der Waals surface area contributed by atoms with Crippen molar-refractivity contribution in [2.24, 2.45) is 0 Å². The largest absolute Gasteiger partial charge is 0.480 e. The highest BCUT2D eigenvalue weighted by molar-refractivity contribution is 7.22. The van der Waals surface area contributed by atoms with Gasteiger partial charge in [-0.1, -0.05) is 6.07 Å². The minimum Gasteiger partial charge on any atom is -0.480 e. The van der Waals surface area contributed by atoms with E-state index in [0.29, 0.717) is 10.6 Å². The Morgan fingerprint density at radius 3 is 2.57 bits per heavy atom. The maximum absolute atomic E-state index is 12.5. The fraction of sp³-hybridized carbons (Fsp3) is 0.357. The van der Waals surface area contributed by atoms with E-state index in [9.17, 15) is 14.7 Å². The van der Waals surface area contributed by atoms with Crippen molar-refractivity contribution in [1.29, 1.82) is 0 Å². The number of carbonyl (C=O) groups is 2. The van der Waals surface area contributed by atoms with Crippen molar-refractivity contribution in [3.05, 3.63) is 28.1 Å². The van der Waals surface area contributed by atoms with Gasteiger partial charge in [-0.05, 0) is 32.2 Å². The molecule has 0 fully saturated rings. The Bertz CT molecular complexity index is 674. The highest BCUT2D eigenvalue weighted by atomic mass is 32.1. The van der Waals surface area contributed by atoms with Crippen LogP contribution >= 0.6 is 22.7 Å². The Labute approximate surface area is 130 Å². The second-order valence-corrected chi connectivity index (χ2v) is 7.09. The molecule has 0 bridgehead atoms. The number of hydrogen-bond donors (Lipinski definition) is 1. The number of hydrogen-bond acceptors (Lipinski definition) is 5. The topological polar surface area (TPSA) is 70.5 Å². The lowest BCUT2D eigenvalue weighted by Crippen LogP contribution is -2.50. The first-order valence-corrected chi connectivity index (χ1v) is 7.97. The molecule has 2 rings (SSSR count). The van der Waals surface area contributed by atoms with Crippen LogP contribution in [0.15, 0.2) is 17.5 Å². The van der Waals surface area contributed by atoms with Crippen molar-refractivity contribution in [3.63, 3.8) is 0 Å². The molecule has 0 unspecified atom stereocenters. The van der Waals surface area contributed by atoms with Crippen molar-refractivity contribution in [1.82, 2.24) is 9.88 Å². The van der Waals surface area contributed by atoms with E-state index >= 15 is 0 Å². The lowest BCUT2D eigenvalue weighted by atomic mass is 10.0. The average Bonchev–Trinajstić information content (AvgIpc) is 3.05. The van der Waals surface area contributed by atoms with Gasteiger partial charge in [-0.25, -0.2) is 9.78 Å². The summed E-state index contributed by atoms with van der Waals surface area (Å²) in [5, 5.41) is 12.0. The quantitative estimate of drug-likeness (QED) is 0.938. The molecule has 0 radical (unpaired) electrons. The van der Waals surface area contributed by atoms with Crippen LogP contribution in [0.25, 0.3) is 9.88 Å². The van der Waals surface area contributed by atoms with Crippen LogP contribution in [-0.2, 0) is 4.79 Å². The molecule has 1 N–H and O–H groups in total. The normalized spacial score (nSPS) is 11.4. The third-order valence-corrected chi connectivity index (χ3v) is 5.57. The van der Waals surface area contributed by atoms with Gasteiger partial charge in [0.15, 0.2) is 0 Å². The third kappa shape index (κ3) is 2.84. The van der Waals surface area contributed by atoms with Gasteiger partial charge in [0.25, 0.3) is 5.91 Å². The van der Waals surface area contributed by atoms with E-state index in [1.54, 1.807) is 18.3 Å². The summed E-state index contributed by atoms with van der Waals surface area (Å²) in [5.74, 6) is -1.36. The van der Waals surface area contributed by atoms with Crippen LogP contribution in [0, 0.1) is 6.92 Å². The fourth-order valence-electron chi connectivity index (χ4n) is 1.65. The number of carboxylic acid groups (broad SMARTS) is 1. The molecular weight excluding hydrogens is 308 g/mol. The molecule has 0 spiro atoms. The van der Waals surface area contributed by atoms with Crippen LogP contribution in [-0.4, -0.2) is 39.5 Å². The van der Waals surface area contributed by atoms with Gasteiger partial charge in [0, 0.05) is 7.05 Å². The summed E-state index contributed by atoms with van der Waals surface area (Å²) < 4.78 is 0. The summed E-state index contributed by atoms with van der Waals surface area (Å²) in [5.41, 5.74) is -0.641. The molecule has 0 aliphatic rings. The molecule has 112 valence electrons. The van der Waals surface area contributed by atoms with Gasteiger partial charge in [-0.2, -0.15) is 0 Å². The number of nitrogens with zero attached hydrogens (tertiary/aromatic N) is 2. The highest BCUT2D eigenvalue weighted by Gasteiger charge is 2.36. The number of aryl methyl sites for hydroxylation is 1. The predicted molar refractivity (Wildman–Crippen MR) is 84.0 cm³/mol. The number of thiophene rings is 1. The van der Waals surface area contributed by atoms with Gasteiger partial charge >= 0.3 is 5.97 Å². The summed E-state index contributed by atoms with van der Waals surface area (Å²) in [6.45, 7) is 4.77. The molecule has 0 aromatic carbocycles. The summed E-state index contributed by atoms with van der Waals surface area (Å²) >= 11 is 2.85. The molecule has 0 aliphatic heterocycles. The molecule has 2 heterocycles. The maximum atomic E-state index is 12.5. The summed E-state index contributed by atoms with van der Waals surface area (Å²) in [6, 6.07) is 3.87. The van der Waals surface area contributed by atoms with Crippen LogP contribution in [0.1, 0.15) is 29.2 Å². The first-order chi connectivity index (χ1) is 9.75. The summed E-state index contributed by atoms with van der Waals surface area (Å²) in [4.78, 5) is 31.0. The van der Waals surface area contributed by atoms with Crippen molar-refractivity contribution in [3.8, 4) is 9.88 Å². The van der Waals surface area contributed by atoms with E-state index in [4.69, 9.17) is 0 Å². The molecular formula is C14H16N2O3S2. The van der Waals surface area contributed by atoms with Crippen molar-refractivity contribution < 1.29 is 14.7 Å². The number of rotatable bonds is 4. The van der Waals surface area contributed by atoms with Gasteiger partial charge in [-0.3, -0.25) is 4.79 Å². The van der Waals surface area contributed by atoms with Gasteiger partial charge in [0.05, 0.1) is 10.6 Å². The molecule has 5 nitrogen and oxygen atoms in total. The van der Waals surface area contributed by atoms with E-state index in [2.05, 4.69) is 4.98 Å². The number of thiazole rings is 1. The molecule has 21 heavy (non-hydrogen) atoms. The summed E-state index contributed by atoms with van der Waals surface area (Å²) in [6.07, 6.45) is 0. The lowest BCUT2D eigenvalue weighted by Gasteiger charge is -2.31. The molecule has 0 saturated carbocycles. The SMILES string of the molecule is Cc1nc(-c2cccs2)sc1C(=O)N(C)C(C)(C)C(=O)O. The van der Waals surface area contributed by atoms with Crippen LogP contribution < -0.4 is 0 Å². The minimum absolute atomic E-state index is 0.319. The van der Waals surface area contributed by atoms with E-state index in [-0.39, 0.29) is 5.91 Å². The molecule has 2 aromatic heterocycles. The monoisotopic (exact) mass is 324 g/mol. The standard InChI is InChI=1S/C14H16N2O3S2/c1-8-10(12(17)16(4)14(2,3)13(18)19)21-11(15-8)9-6-5-7-20-9/h5-7H,1-4H3,(H,18,19). The zero-order chi connectivity index (χ0) is 15.8. The lowest BCUT2D eigenvalue weighted by molar-refractivity contribution is -0.147. The number of amides is 1. The summed E-state index contributed by atoms with van der Waals surface area (Å²) in [7, 11) is 1.50. The maximum Gasteiger partial charge on any atom is 0.329 e. The number of aromatic nitrogens is 1. The second-order valence-electron chi connectivity index (χ2n) is 5.14. The van der Waals surface area contributed by atoms with Crippen LogP contribution in [0.2, 0.25) is 0 Å². The van der Waals surface area contributed by atoms with Crippen molar-refractivity contribution in [2.75, 3.05) is 7.05 Å². The van der Waals surface area contributed by atoms with E-state index in [0.717, 1.165) is 9.88 Å². The molecule has 0 aliphatic carbocycles. The number of aliphatic carboxylic acids is 1. The van der Waals surface area contributed by atoms with Gasteiger partial charge in [-0.15, -0.1) is 22.7 Å². The highest BCUT2D eigenvalue weighted by Crippen LogP contribution is 2.32. The Hall–Kier alpha value is -1.73. The van der Waals surface area contributed by atoms with Crippen molar-refractivity contribution in [2.45, 2.75) is 26.3 Å². The molecule has 2 aromatic rings. The Balaban J connectivity index is 2.34. The third-order valence-electron chi connectivity index (χ3n) is 3.39. The molecule has 7 heteroatoms. The van der Waals surface area contributed by atoms with Crippen LogP contribution in [0.4, 0.5) is 0 Å². The Kier molecular flexibility index (Phi) is 4.15. The van der Waals surface area contributed by atoms with Gasteiger partial charge < -0.3 is 10.0 Å². The van der Waals surface area contributed by atoms with E-state index in [1.165, 1.54) is 37.1 Å². The van der Waals surface area contributed by atoms with Gasteiger partial charge in [0.1, 0.15) is 15.4 Å². The first-order valence-electron chi connectivity index (χ1n) is 6.28.